The average molecular weight is 924 g/mol. The van der Waals surface area contributed by atoms with Gasteiger partial charge in [0.25, 0.3) is 0 Å². The van der Waals surface area contributed by atoms with Gasteiger partial charge in [-0.25, -0.2) is 4.98 Å². The molecule has 0 unspecified atom stereocenters. The minimum Gasteiger partial charge on any atom is -0.663 e. The average Bonchev–Trinajstić information content (AvgIpc) is 3.72. The quantitative estimate of drug-likeness (QED) is 0.165. The molecule has 4 heterocycles. The molecule has 5 aromatic carbocycles. The molecule has 0 amide bonds. The zero-order valence-electron chi connectivity index (χ0n) is 34.2. The number of para-hydroxylation sites is 1. The van der Waals surface area contributed by atoms with Crippen LogP contribution in [-0.4, -0.2) is 14.5 Å². The number of benzene rings is 5. The van der Waals surface area contributed by atoms with E-state index in [2.05, 4.69) is 188 Å². The van der Waals surface area contributed by atoms with Crippen molar-refractivity contribution in [3.8, 4) is 39.3 Å². The Kier molecular flexibility index (Phi) is 9.44. The summed E-state index contributed by atoms with van der Waals surface area (Å²) in [4.78, 5) is 15.7. The first-order valence-electron chi connectivity index (χ1n) is 19.7. The van der Waals surface area contributed by atoms with E-state index in [1.165, 1.54) is 27.5 Å². The Labute approximate surface area is 350 Å². The first-order chi connectivity index (χ1) is 26.6. The second-order valence-corrected chi connectivity index (χ2v) is 18.4. The number of rotatable bonds is 4. The molecule has 0 radical (unpaired) electrons. The van der Waals surface area contributed by atoms with E-state index >= 15 is 0 Å². The summed E-state index contributed by atoms with van der Waals surface area (Å²) < 4.78 is 2.21. The molecule has 0 fully saturated rings. The van der Waals surface area contributed by atoms with E-state index in [1.807, 2.05) is 12.3 Å². The molecule has 0 aliphatic carbocycles. The van der Waals surface area contributed by atoms with Gasteiger partial charge in [-0.3, -0.25) is 9.55 Å². The molecule has 286 valence electrons. The summed E-state index contributed by atoms with van der Waals surface area (Å²) in [5.74, 6) is 0.818. The Morgan fingerprint density at radius 1 is 0.544 bits per heavy atom. The van der Waals surface area contributed by atoms with E-state index in [4.69, 9.17) is 15.0 Å². The number of pyridine rings is 2. The second-order valence-electron chi connectivity index (χ2n) is 18.4. The first-order valence-corrected chi connectivity index (χ1v) is 19.7. The van der Waals surface area contributed by atoms with Gasteiger partial charge in [0, 0.05) is 22.7 Å². The van der Waals surface area contributed by atoms with Crippen molar-refractivity contribution in [1.29, 1.82) is 0 Å². The molecule has 0 aliphatic heterocycles. The fourth-order valence-electron chi connectivity index (χ4n) is 7.91. The van der Waals surface area contributed by atoms with Crippen molar-refractivity contribution in [3.63, 3.8) is 0 Å². The molecule has 9 aromatic rings. The summed E-state index contributed by atoms with van der Waals surface area (Å²) in [6.07, 6.45) is 1.87. The third kappa shape index (κ3) is 6.93. The standard InChI is InChI=1S/C52H48N4.Pt/c1-50(2,3)36-21-22-44-42(29-36)43-31-38(52(7,8)9)30-41(48(43)55-44)34-24-35(26-37(25-34)51(4,5)6)45-27-33(32-16-11-10-12-17-32)28-47(54-45)56-46-20-14-13-18-39(46)40-19-15-23-53-49(40)56;/h10-23,25-31H,1-9H3;/q-2;+2. The van der Waals surface area contributed by atoms with Gasteiger partial charge in [-0.2, -0.15) is 5.52 Å². The number of fused-ring (bicyclic) bond motifs is 6. The van der Waals surface area contributed by atoms with Gasteiger partial charge in [-0.15, -0.1) is 34.8 Å². The molecule has 4 nitrogen and oxygen atoms in total. The van der Waals surface area contributed by atoms with Crippen LogP contribution in [0.15, 0.2) is 128 Å². The fraction of sp³-hybridized carbons (Fsp3) is 0.231. The van der Waals surface area contributed by atoms with E-state index in [0.29, 0.717) is 0 Å². The molecule has 0 saturated carbocycles. The second kappa shape index (κ2) is 14.0. The van der Waals surface area contributed by atoms with E-state index in [9.17, 15) is 0 Å². The maximum atomic E-state index is 5.49. The van der Waals surface area contributed by atoms with Crippen LogP contribution in [0.5, 0.6) is 0 Å². The molecular weight excluding hydrogens is 876 g/mol. The minimum absolute atomic E-state index is 0. The maximum absolute atomic E-state index is 5.49. The number of nitrogens with zero attached hydrogens (tertiary/aromatic N) is 4. The van der Waals surface area contributed by atoms with E-state index in [-0.39, 0.29) is 37.3 Å². The molecule has 57 heavy (non-hydrogen) atoms. The van der Waals surface area contributed by atoms with Crippen molar-refractivity contribution >= 4 is 43.7 Å². The summed E-state index contributed by atoms with van der Waals surface area (Å²) in [6, 6.07) is 47.7. The van der Waals surface area contributed by atoms with Gasteiger partial charge in [-0.1, -0.05) is 158 Å². The van der Waals surface area contributed by atoms with Crippen LogP contribution < -0.4 is 4.98 Å². The van der Waals surface area contributed by atoms with Crippen molar-refractivity contribution in [1.82, 2.24) is 19.5 Å². The molecule has 0 spiro atoms. The van der Waals surface area contributed by atoms with E-state index in [1.54, 1.807) is 0 Å². The zero-order valence-corrected chi connectivity index (χ0v) is 36.5. The van der Waals surface area contributed by atoms with Gasteiger partial charge in [0.2, 0.25) is 0 Å². The first kappa shape index (κ1) is 38.6. The predicted molar refractivity (Wildman–Crippen MR) is 236 cm³/mol. The Bertz CT molecular complexity index is 2910. The van der Waals surface area contributed by atoms with E-state index in [0.717, 1.165) is 72.3 Å². The van der Waals surface area contributed by atoms with Gasteiger partial charge >= 0.3 is 21.1 Å². The third-order valence-corrected chi connectivity index (χ3v) is 11.2. The van der Waals surface area contributed by atoms with Crippen molar-refractivity contribution < 1.29 is 21.1 Å². The van der Waals surface area contributed by atoms with Crippen molar-refractivity contribution in [3.05, 3.63) is 150 Å². The molecule has 0 aliphatic rings. The zero-order chi connectivity index (χ0) is 39.1. The summed E-state index contributed by atoms with van der Waals surface area (Å²) in [5, 5.41) is 4.65. The largest absolute Gasteiger partial charge is 2.00 e. The summed E-state index contributed by atoms with van der Waals surface area (Å²) >= 11 is 0. The molecular formula is C52H48N4Pt. The van der Waals surface area contributed by atoms with Gasteiger partial charge in [0.15, 0.2) is 0 Å². The van der Waals surface area contributed by atoms with Gasteiger partial charge < -0.3 is 4.98 Å². The van der Waals surface area contributed by atoms with Crippen LogP contribution in [0.2, 0.25) is 0 Å². The summed E-state index contributed by atoms with van der Waals surface area (Å²) in [7, 11) is 0. The van der Waals surface area contributed by atoms with Crippen LogP contribution in [0, 0.1) is 6.07 Å². The third-order valence-electron chi connectivity index (χ3n) is 11.2. The van der Waals surface area contributed by atoms with Crippen molar-refractivity contribution in [2.24, 2.45) is 0 Å². The molecule has 4 aromatic heterocycles. The summed E-state index contributed by atoms with van der Waals surface area (Å²) in [6.45, 7) is 20.5. The van der Waals surface area contributed by atoms with Crippen LogP contribution in [0.1, 0.15) is 79.0 Å². The molecule has 5 heteroatoms. The van der Waals surface area contributed by atoms with E-state index < -0.39 is 0 Å². The molecule has 0 saturated heterocycles. The summed E-state index contributed by atoms with van der Waals surface area (Å²) in [5.41, 5.74) is 13.7. The van der Waals surface area contributed by atoms with Gasteiger partial charge in [0.1, 0.15) is 11.5 Å². The smallest absolute Gasteiger partial charge is 0.663 e. The van der Waals surface area contributed by atoms with Crippen LogP contribution in [-0.2, 0) is 37.3 Å². The normalized spacial score (nSPS) is 12.5. The van der Waals surface area contributed by atoms with Crippen LogP contribution >= 0.6 is 0 Å². The van der Waals surface area contributed by atoms with Crippen molar-refractivity contribution in [2.45, 2.75) is 78.6 Å². The monoisotopic (exact) mass is 923 g/mol. The Morgan fingerprint density at radius 3 is 1.93 bits per heavy atom. The molecule has 0 N–H and O–H groups in total. The minimum atomic E-state index is -0.137. The van der Waals surface area contributed by atoms with Crippen LogP contribution in [0.25, 0.3) is 83.1 Å². The van der Waals surface area contributed by atoms with Gasteiger partial charge in [0.05, 0.1) is 5.52 Å². The number of hydrogen-bond donors (Lipinski definition) is 0. The Hall–Kier alpha value is -5.31. The molecule has 0 atom stereocenters. The SMILES string of the molecule is CC(C)(C)c1cc(-c2cc(-c3ccccc3)cc(-n3c4ccccc4c4cccnc43)n2)[c-]c(-c2cc(C(C)(C)C)cc3c2[n-]c2ccc(C(C)(C)C)cc23)c1.[Pt+2]. The van der Waals surface area contributed by atoms with Crippen LogP contribution in [0.3, 0.4) is 0 Å². The van der Waals surface area contributed by atoms with Gasteiger partial charge in [-0.05, 0) is 73.5 Å². The fourth-order valence-corrected chi connectivity index (χ4v) is 7.91. The van der Waals surface area contributed by atoms with Crippen molar-refractivity contribution in [2.75, 3.05) is 0 Å². The van der Waals surface area contributed by atoms with Crippen LogP contribution in [0.4, 0.5) is 0 Å². The number of hydrogen-bond acceptors (Lipinski definition) is 2. The number of aromatic nitrogens is 4. The Balaban J connectivity index is 0.00000455. The Morgan fingerprint density at radius 2 is 1.19 bits per heavy atom. The molecule has 9 rings (SSSR count). The topological polar surface area (TPSA) is 44.8 Å². The molecule has 0 bridgehead atoms. The predicted octanol–water partition coefficient (Wildman–Crippen LogP) is 13.5. The maximum Gasteiger partial charge on any atom is 2.00 e.